The van der Waals surface area contributed by atoms with Crippen LogP contribution in [-0.4, -0.2) is 29.2 Å². The number of nitrogens with zero attached hydrogens (tertiary/aromatic N) is 1. The van der Waals surface area contributed by atoms with E-state index < -0.39 is 0 Å². The van der Waals surface area contributed by atoms with Crippen LogP contribution in [0.5, 0.6) is 0 Å². The lowest BCUT2D eigenvalue weighted by molar-refractivity contribution is -0.127. The molecule has 1 aliphatic heterocycles. The van der Waals surface area contributed by atoms with Crippen molar-refractivity contribution in [3.63, 3.8) is 0 Å². The molecule has 80 valence electrons. The Balaban J connectivity index is 2.02. The van der Waals surface area contributed by atoms with Crippen molar-refractivity contribution in [2.24, 2.45) is 0 Å². The molecule has 1 aromatic carbocycles. The molecule has 1 amide bonds. The van der Waals surface area contributed by atoms with E-state index in [1.54, 1.807) is 0 Å². The Kier molecular flexibility index (Phi) is 3.41. The number of benzene rings is 1. The van der Waals surface area contributed by atoms with Gasteiger partial charge in [0.05, 0.1) is 5.33 Å². The smallest absolute Gasteiger partial charge is 0.233 e. The van der Waals surface area contributed by atoms with Gasteiger partial charge in [-0.2, -0.15) is 0 Å². The molecule has 0 aromatic heterocycles. The molecule has 0 N–H and O–H groups in total. The molecule has 2 nitrogen and oxygen atoms in total. The summed E-state index contributed by atoms with van der Waals surface area (Å²) < 4.78 is 0. The molecule has 2 rings (SSSR count). The van der Waals surface area contributed by atoms with Gasteiger partial charge < -0.3 is 4.90 Å². The molecule has 15 heavy (non-hydrogen) atoms. The van der Waals surface area contributed by atoms with Crippen LogP contribution in [0.1, 0.15) is 17.9 Å². The Morgan fingerprint density at radius 3 is 2.80 bits per heavy atom. The Bertz CT molecular complexity index is 339. The van der Waals surface area contributed by atoms with Gasteiger partial charge in [0.15, 0.2) is 0 Å². The summed E-state index contributed by atoms with van der Waals surface area (Å²) in [6, 6.07) is 10.4. The molecule has 0 spiro atoms. The van der Waals surface area contributed by atoms with Gasteiger partial charge in [0.2, 0.25) is 5.91 Å². The van der Waals surface area contributed by atoms with Crippen molar-refractivity contribution in [1.82, 2.24) is 4.90 Å². The highest BCUT2D eigenvalue weighted by Gasteiger charge is 2.26. The summed E-state index contributed by atoms with van der Waals surface area (Å²) in [5, 5.41) is 0.439. The van der Waals surface area contributed by atoms with Crippen molar-refractivity contribution in [3.05, 3.63) is 35.9 Å². The highest BCUT2D eigenvalue weighted by atomic mass is 79.9. The van der Waals surface area contributed by atoms with Gasteiger partial charge in [-0.3, -0.25) is 4.79 Å². The van der Waals surface area contributed by atoms with Gasteiger partial charge >= 0.3 is 0 Å². The fraction of sp³-hybridized carbons (Fsp3) is 0.417. The third kappa shape index (κ3) is 2.40. The molecule has 1 fully saturated rings. The number of rotatable bonds is 2. The maximum absolute atomic E-state index is 11.5. The molecule has 1 saturated heterocycles. The lowest BCUT2D eigenvalue weighted by atomic mass is 9.99. The summed E-state index contributed by atoms with van der Waals surface area (Å²) in [6.07, 6.45) is 1.09. The second-order valence-corrected chi connectivity index (χ2v) is 4.43. The standard InChI is InChI=1S/C12H14BrNO/c13-8-12(15)14-7-6-11(9-14)10-4-2-1-3-5-10/h1-5,11H,6-9H2. The normalized spacial score (nSPS) is 20.6. The zero-order valence-electron chi connectivity index (χ0n) is 8.53. The van der Waals surface area contributed by atoms with Gasteiger partial charge in [0, 0.05) is 19.0 Å². The molecule has 1 aliphatic rings. The number of hydrogen-bond donors (Lipinski definition) is 0. The molecule has 0 radical (unpaired) electrons. The topological polar surface area (TPSA) is 20.3 Å². The van der Waals surface area contributed by atoms with Crippen LogP contribution in [0.2, 0.25) is 0 Å². The fourth-order valence-corrected chi connectivity index (χ4v) is 2.42. The number of carbonyl (C=O) groups is 1. The Morgan fingerprint density at radius 2 is 2.13 bits per heavy atom. The zero-order valence-corrected chi connectivity index (χ0v) is 10.1. The molecule has 1 heterocycles. The van der Waals surface area contributed by atoms with Crippen LogP contribution in [0.3, 0.4) is 0 Å². The van der Waals surface area contributed by atoms with Crippen LogP contribution < -0.4 is 0 Å². The maximum atomic E-state index is 11.5. The average Bonchev–Trinajstić information content (AvgIpc) is 2.78. The summed E-state index contributed by atoms with van der Waals surface area (Å²) in [5.41, 5.74) is 1.35. The van der Waals surface area contributed by atoms with Crippen molar-refractivity contribution >= 4 is 21.8 Å². The summed E-state index contributed by atoms with van der Waals surface area (Å²) in [5.74, 6) is 0.725. The van der Waals surface area contributed by atoms with Crippen molar-refractivity contribution < 1.29 is 4.79 Å². The van der Waals surface area contributed by atoms with E-state index in [0.717, 1.165) is 19.5 Å². The second kappa shape index (κ2) is 4.79. The lowest BCUT2D eigenvalue weighted by Crippen LogP contribution is -2.29. The quantitative estimate of drug-likeness (QED) is 0.754. The van der Waals surface area contributed by atoms with E-state index in [4.69, 9.17) is 0 Å². The highest BCUT2D eigenvalue weighted by Crippen LogP contribution is 2.26. The molecular weight excluding hydrogens is 254 g/mol. The fourth-order valence-electron chi connectivity index (χ4n) is 2.07. The monoisotopic (exact) mass is 267 g/mol. The van der Waals surface area contributed by atoms with E-state index in [9.17, 15) is 4.79 Å². The Labute approximate surface area is 98.4 Å². The number of amides is 1. The maximum Gasteiger partial charge on any atom is 0.233 e. The predicted octanol–water partition coefficient (Wildman–Crippen LogP) is 2.40. The van der Waals surface area contributed by atoms with Crippen LogP contribution in [0, 0.1) is 0 Å². The van der Waals surface area contributed by atoms with Crippen LogP contribution in [0.15, 0.2) is 30.3 Å². The summed E-state index contributed by atoms with van der Waals surface area (Å²) in [4.78, 5) is 13.4. The van der Waals surface area contributed by atoms with Crippen molar-refractivity contribution in [2.75, 3.05) is 18.4 Å². The first-order valence-corrected chi connectivity index (χ1v) is 6.32. The molecule has 0 aliphatic carbocycles. The average molecular weight is 268 g/mol. The zero-order chi connectivity index (χ0) is 10.7. The molecule has 3 heteroatoms. The molecule has 0 saturated carbocycles. The van der Waals surface area contributed by atoms with Crippen molar-refractivity contribution in [1.29, 1.82) is 0 Å². The van der Waals surface area contributed by atoms with Gasteiger partial charge in [-0.1, -0.05) is 46.3 Å². The summed E-state index contributed by atoms with van der Waals surface area (Å²) in [6.45, 7) is 1.76. The van der Waals surface area contributed by atoms with Gasteiger partial charge in [0.25, 0.3) is 0 Å². The minimum atomic E-state index is 0.202. The van der Waals surface area contributed by atoms with E-state index >= 15 is 0 Å². The minimum absolute atomic E-state index is 0.202. The highest BCUT2D eigenvalue weighted by molar-refractivity contribution is 9.09. The van der Waals surface area contributed by atoms with Gasteiger partial charge in [-0.15, -0.1) is 0 Å². The molecular formula is C12H14BrNO. The van der Waals surface area contributed by atoms with E-state index in [1.165, 1.54) is 5.56 Å². The minimum Gasteiger partial charge on any atom is -0.341 e. The predicted molar refractivity (Wildman–Crippen MR) is 64.2 cm³/mol. The van der Waals surface area contributed by atoms with Crippen molar-refractivity contribution in [3.8, 4) is 0 Å². The number of alkyl halides is 1. The number of halogens is 1. The molecule has 1 aromatic rings. The van der Waals surface area contributed by atoms with Crippen molar-refractivity contribution in [2.45, 2.75) is 12.3 Å². The van der Waals surface area contributed by atoms with E-state index in [-0.39, 0.29) is 5.91 Å². The lowest BCUT2D eigenvalue weighted by Gasteiger charge is -2.15. The third-order valence-electron chi connectivity index (χ3n) is 2.93. The van der Waals surface area contributed by atoms with Gasteiger partial charge in [-0.25, -0.2) is 0 Å². The first kappa shape index (κ1) is 10.7. The number of likely N-dealkylation sites (tertiary alicyclic amines) is 1. The van der Waals surface area contributed by atoms with Crippen LogP contribution in [-0.2, 0) is 4.79 Å². The van der Waals surface area contributed by atoms with Gasteiger partial charge in [-0.05, 0) is 12.0 Å². The molecule has 1 unspecified atom stereocenters. The number of hydrogen-bond acceptors (Lipinski definition) is 1. The van der Waals surface area contributed by atoms with E-state index in [0.29, 0.717) is 11.2 Å². The van der Waals surface area contributed by atoms with Crippen LogP contribution >= 0.6 is 15.9 Å². The van der Waals surface area contributed by atoms with Crippen LogP contribution in [0.25, 0.3) is 0 Å². The molecule has 0 bridgehead atoms. The Morgan fingerprint density at radius 1 is 1.40 bits per heavy atom. The summed E-state index contributed by atoms with van der Waals surface area (Å²) in [7, 11) is 0. The van der Waals surface area contributed by atoms with Crippen LogP contribution in [0.4, 0.5) is 0 Å². The molecule has 1 atom stereocenters. The van der Waals surface area contributed by atoms with Gasteiger partial charge in [0.1, 0.15) is 0 Å². The SMILES string of the molecule is O=C(CBr)N1CCC(c2ccccc2)C1. The van der Waals surface area contributed by atoms with E-state index in [2.05, 4.69) is 40.2 Å². The largest absolute Gasteiger partial charge is 0.341 e. The summed E-state index contributed by atoms with van der Waals surface area (Å²) >= 11 is 3.21. The number of carbonyl (C=O) groups excluding carboxylic acids is 1. The Hall–Kier alpha value is -0.830. The second-order valence-electron chi connectivity index (χ2n) is 3.87. The third-order valence-corrected chi connectivity index (χ3v) is 3.41. The first-order valence-electron chi connectivity index (χ1n) is 5.20. The first-order chi connectivity index (χ1) is 7.31. The van der Waals surface area contributed by atoms with E-state index in [1.807, 2.05) is 11.0 Å².